The highest BCUT2D eigenvalue weighted by atomic mass is 16.5. The molecule has 1 heterocycles. The lowest BCUT2D eigenvalue weighted by atomic mass is 10.0. The highest BCUT2D eigenvalue weighted by molar-refractivity contribution is 5.81. The summed E-state index contributed by atoms with van der Waals surface area (Å²) in [7, 11) is 0. The zero-order valence-electron chi connectivity index (χ0n) is 11.5. The molecule has 0 saturated carbocycles. The van der Waals surface area contributed by atoms with Crippen LogP contribution in [-0.2, 0) is 9.53 Å². The van der Waals surface area contributed by atoms with Crippen molar-refractivity contribution in [2.75, 3.05) is 26.3 Å². The minimum Gasteiger partial charge on any atom is -0.394 e. The average molecular weight is 258 g/mol. The minimum atomic E-state index is -0.375. The molecule has 0 unspecified atom stereocenters. The SMILES string of the molecule is CC(C)C[C@H](N)C(=O)N1CCC(OCCO)CC1. The van der Waals surface area contributed by atoms with Crippen LogP contribution in [0.3, 0.4) is 0 Å². The molecule has 1 amide bonds. The highest BCUT2D eigenvalue weighted by Crippen LogP contribution is 2.15. The van der Waals surface area contributed by atoms with Gasteiger partial charge >= 0.3 is 0 Å². The molecular weight excluding hydrogens is 232 g/mol. The molecular formula is C13H26N2O3. The van der Waals surface area contributed by atoms with Crippen LogP contribution in [0.2, 0.25) is 0 Å². The molecule has 1 rings (SSSR count). The summed E-state index contributed by atoms with van der Waals surface area (Å²) in [5.41, 5.74) is 5.91. The number of carbonyl (C=O) groups excluding carboxylic acids is 1. The summed E-state index contributed by atoms with van der Waals surface area (Å²) in [5, 5.41) is 8.69. The number of hydrogen-bond acceptors (Lipinski definition) is 4. The van der Waals surface area contributed by atoms with E-state index in [9.17, 15) is 4.79 Å². The van der Waals surface area contributed by atoms with Gasteiger partial charge in [0.2, 0.25) is 5.91 Å². The maximum Gasteiger partial charge on any atom is 0.239 e. The molecule has 3 N–H and O–H groups in total. The molecule has 5 heteroatoms. The zero-order valence-corrected chi connectivity index (χ0v) is 11.5. The number of carbonyl (C=O) groups is 1. The normalized spacial score (nSPS) is 19.3. The number of amides is 1. The predicted molar refractivity (Wildman–Crippen MR) is 70.1 cm³/mol. The molecule has 0 aromatic carbocycles. The first-order chi connectivity index (χ1) is 8.54. The first-order valence-electron chi connectivity index (χ1n) is 6.81. The highest BCUT2D eigenvalue weighted by Gasteiger charge is 2.26. The van der Waals surface area contributed by atoms with Gasteiger partial charge in [0.05, 0.1) is 25.4 Å². The van der Waals surface area contributed by atoms with Gasteiger partial charge in [-0.25, -0.2) is 0 Å². The lowest BCUT2D eigenvalue weighted by Crippen LogP contribution is -2.48. The first kappa shape index (κ1) is 15.4. The summed E-state index contributed by atoms with van der Waals surface area (Å²) in [6.07, 6.45) is 2.57. The van der Waals surface area contributed by atoms with Crippen LogP contribution in [0.25, 0.3) is 0 Å². The molecule has 1 aliphatic rings. The maximum absolute atomic E-state index is 12.1. The van der Waals surface area contributed by atoms with Crippen molar-refractivity contribution in [1.82, 2.24) is 4.90 Å². The maximum atomic E-state index is 12.1. The van der Waals surface area contributed by atoms with Gasteiger partial charge in [-0.2, -0.15) is 0 Å². The van der Waals surface area contributed by atoms with Gasteiger partial charge in [-0.15, -0.1) is 0 Å². The summed E-state index contributed by atoms with van der Waals surface area (Å²) in [6, 6.07) is -0.375. The summed E-state index contributed by atoms with van der Waals surface area (Å²) in [4.78, 5) is 13.9. The molecule has 106 valence electrons. The van der Waals surface area contributed by atoms with Gasteiger partial charge in [-0.05, 0) is 25.2 Å². The van der Waals surface area contributed by atoms with Gasteiger partial charge in [0, 0.05) is 13.1 Å². The van der Waals surface area contributed by atoms with Crippen molar-refractivity contribution in [3.05, 3.63) is 0 Å². The van der Waals surface area contributed by atoms with Crippen molar-refractivity contribution >= 4 is 5.91 Å². The molecule has 1 aliphatic heterocycles. The molecule has 18 heavy (non-hydrogen) atoms. The Morgan fingerprint density at radius 1 is 1.44 bits per heavy atom. The third kappa shape index (κ3) is 4.92. The summed E-state index contributed by atoms with van der Waals surface area (Å²) < 4.78 is 5.47. The second-order valence-corrected chi connectivity index (χ2v) is 5.36. The molecule has 1 saturated heterocycles. The number of rotatable bonds is 6. The molecule has 1 atom stereocenters. The fourth-order valence-electron chi connectivity index (χ4n) is 2.31. The van der Waals surface area contributed by atoms with E-state index in [2.05, 4.69) is 13.8 Å². The number of nitrogens with zero attached hydrogens (tertiary/aromatic N) is 1. The zero-order chi connectivity index (χ0) is 13.5. The van der Waals surface area contributed by atoms with E-state index in [1.807, 2.05) is 4.90 Å². The summed E-state index contributed by atoms with van der Waals surface area (Å²) in [6.45, 7) is 6.00. The predicted octanol–water partition coefficient (Wildman–Crippen LogP) is 0.360. The molecule has 0 aromatic heterocycles. The first-order valence-corrected chi connectivity index (χ1v) is 6.81. The van der Waals surface area contributed by atoms with Crippen LogP contribution in [0.5, 0.6) is 0 Å². The number of nitrogens with two attached hydrogens (primary N) is 1. The topological polar surface area (TPSA) is 75.8 Å². The van der Waals surface area contributed by atoms with Gasteiger partial charge in [0.1, 0.15) is 0 Å². The number of hydrogen-bond donors (Lipinski definition) is 2. The monoisotopic (exact) mass is 258 g/mol. The average Bonchev–Trinajstić information content (AvgIpc) is 2.35. The Hall–Kier alpha value is -0.650. The van der Waals surface area contributed by atoms with E-state index in [0.29, 0.717) is 25.6 Å². The Balaban J connectivity index is 2.31. The Morgan fingerprint density at radius 2 is 2.06 bits per heavy atom. The largest absolute Gasteiger partial charge is 0.394 e. The van der Waals surface area contributed by atoms with Gasteiger partial charge in [-0.3, -0.25) is 4.79 Å². The lowest BCUT2D eigenvalue weighted by molar-refractivity contribution is -0.135. The van der Waals surface area contributed by atoms with Crippen LogP contribution < -0.4 is 5.73 Å². The Labute approximate surface area is 109 Å². The molecule has 1 fully saturated rings. The Kier molecular flexibility index (Phi) is 6.60. The van der Waals surface area contributed by atoms with Gasteiger partial charge < -0.3 is 20.5 Å². The molecule has 0 aliphatic carbocycles. The smallest absolute Gasteiger partial charge is 0.239 e. The van der Waals surface area contributed by atoms with Crippen molar-refractivity contribution in [3.63, 3.8) is 0 Å². The van der Waals surface area contributed by atoms with Crippen molar-refractivity contribution in [2.24, 2.45) is 11.7 Å². The van der Waals surface area contributed by atoms with Crippen LogP contribution in [0, 0.1) is 5.92 Å². The number of aliphatic hydroxyl groups is 1. The number of piperidine rings is 1. The van der Waals surface area contributed by atoms with Crippen molar-refractivity contribution in [3.8, 4) is 0 Å². The number of ether oxygens (including phenoxy) is 1. The quantitative estimate of drug-likeness (QED) is 0.721. The second kappa shape index (κ2) is 7.71. The minimum absolute atomic E-state index is 0.0540. The Morgan fingerprint density at radius 3 is 2.56 bits per heavy atom. The molecule has 0 radical (unpaired) electrons. The van der Waals surface area contributed by atoms with Crippen LogP contribution in [-0.4, -0.2) is 54.4 Å². The van der Waals surface area contributed by atoms with E-state index < -0.39 is 0 Å². The van der Waals surface area contributed by atoms with Gasteiger partial charge in [0.15, 0.2) is 0 Å². The van der Waals surface area contributed by atoms with Crippen molar-refractivity contribution < 1.29 is 14.6 Å². The van der Waals surface area contributed by atoms with Crippen LogP contribution in [0.4, 0.5) is 0 Å². The third-order valence-electron chi connectivity index (χ3n) is 3.24. The van der Waals surface area contributed by atoms with E-state index in [-0.39, 0.29) is 24.7 Å². The van der Waals surface area contributed by atoms with E-state index in [0.717, 1.165) is 19.3 Å². The fourth-order valence-corrected chi connectivity index (χ4v) is 2.31. The van der Waals surface area contributed by atoms with Gasteiger partial charge in [-0.1, -0.05) is 13.8 Å². The van der Waals surface area contributed by atoms with Crippen LogP contribution in [0.1, 0.15) is 33.1 Å². The lowest BCUT2D eigenvalue weighted by Gasteiger charge is -2.33. The van der Waals surface area contributed by atoms with Gasteiger partial charge in [0.25, 0.3) is 0 Å². The van der Waals surface area contributed by atoms with Crippen molar-refractivity contribution in [2.45, 2.75) is 45.3 Å². The molecule has 0 aromatic rings. The van der Waals surface area contributed by atoms with E-state index in [4.69, 9.17) is 15.6 Å². The number of likely N-dealkylation sites (tertiary alicyclic amines) is 1. The molecule has 0 spiro atoms. The van der Waals surface area contributed by atoms with E-state index >= 15 is 0 Å². The van der Waals surface area contributed by atoms with Crippen LogP contribution in [0.15, 0.2) is 0 Å². The number of aliphatic hydroxyl groups excluding tert-OH is 1. The summed E-state index contributed by atoms with van der Waals surface area (Å²) in [5.74, 6) is 0.499. The van der Waals surface area contributed by atoms with Crippen molar-refractivity contribution in [1.29, 1.82) is 0 Å². The molecule has 0 bridgehead atoms. The van der Waals surface area contributed by atoms with E-state index in [1.54, 1.807) is 0 Å². The van der Waals surface area contributed by atoms with E-state index in [1.165, 1.54) is 0 Å². The van der Waals surface area contributed by atoms with Crippen LogP contribution >= 0.6 is 0 Å². The fraction of sp³-hybridized carbons (Fsp3) is 0.923. The Bertz CT molecular complexity index is 251. The standard InChI is InChI=1S/C13H26N2O3/c1-10(2)9-12(14)13(17)15-5-3-11(4-6-15)18-8-7-16/h10-12,16H,3-9,14H2,1-2H3/t12-/m0/s1. The second-order valence-electron chi connectivity index (χ2n) is 5.36. The third-order valence-corrected chi connectivity index (χ3v) is 3.24. The molecule has 5 nitrogen and oxygen atoms in total. The summed E-state index contributed by atoms with van der Waals surface area (Å²) >= 11 is 0.